The van der Waals surface area contributed by atoms with Crippen molar-refractivity contribution in [3.63, 3.8) is 0 Å². The van der Waals surface area contributed by atoms with E-state index in [1.54, 1.807) is 4.57 Å². The summed E-state index contributed by atoms with van der Waals surface area (Å²) in [7, 11) is 0. The molecule has 3 aromatic heterocycles. The molecule has 0 amide bonds. The maximum atomic E-state index is 9.71. The van der Waals surface area contributed by atoms with Gasteiger partial charge in [-0.1, -0.05) is 158 Å². The molecular weight excluding hydrogens is 685 g/mol. The molecule has 0 aliphatic rings. The Morgan fingerprint density at radius 3 is 1.91 bits per heavy atom. The van der Waals surface area contributed by atoms with Crippen LogP contribution in [0.15, 0.2) is 198 Å². The zero-order chi connectivity index (χ0) is 45.7. The first-order valence-corrected chi connectivity index (χ1v) is 18.0. The number of hydrogen-bond acceptors (Lipinski definition) is 4. The van der Waals surface area contributed by atoms with Gasteiger partial charge in [0.25, 0.3) is 0 Å². The molecule has 0 atom stereocenters. The molecule has 8 aromatic carbocycles. The standard InChI is InChI=1S/C51H32N4O/c1-4-15-33(16-5-1)36-27-29-45-42(31-36)39-21-10-12-25-44(39)55(45)46-30-28-37(38-23-14-24-41-40-22-11-13-26-47(40)56-48(38)41)32-43(46)51-53-49(34-17-6-2-7-18-34)52-50(54-51)35-19-8-3-9-20-35/h1-32H/i1D,4D,5D,10D,15D,16D,21D,25D,29D,31D. The molecule has 0 aliphatic heterocycles. The Bertz CT molecular complexity index is 3750. The highest BCUT2D eigenvalue weighted by Crippen LogP contribution is 2.41. The van der Waals surface area contributed by atoms with Crippen molar-refractivity contribution in [1.29, 1.82) is 0 Å². The zero-order valence-electron chi connectivity index (χ0n) is 39.4. The van der Waals surface area contributed by atoms with Crippen LogP contribution in [0.1, 0.15) is 13.7 Å². The van der Waals surface area contributed by atoms with Crippen LogP contribution < -0.4 is 0 Å². The highest BCUT2D eigenvalue weighted by molar-refractivity contribution is 6.12. The van der Waals surface area contributed by atoms with Gasteiger partial charge in [-0.3, -0.25) is 0 Å². The topological polar surface area (TPSA) is 56.7 Å². The van der Waals surface area contributed by atoms with Crippen molar-refractivity contribution >= 4 is 43.7 Å². The lowest BCUT2D eigenvalue weighted by molar-refractivity contribution is 0.670. The zero-order valence-corrected chi connectivity index (χ0v) is 29.4. The molecule has 3 heterocycles. The number of hydrogen-bond donors (Lipinski definition) is 0. The van der Waals surface area contributed by atoms with E-state index in [0.29, 0.717) is 28.5 Å². The molecular formula is C51H32N4O. The number of para-hydroxylation sites is 3. The molecule has 0 spiro atoms. The largest absolute Gasteiger partial charge is 0.455 e. The normalized spacial score (nSPS) is 14.1. The molecule has 0 N–H and O–H groups in total. The molecule has 0 fully saturated rings. The van der Waals surface area contributed by atoms with Gasteiger partial charge in [0.15, 0.2) is 17.5 Å². The summed E-state index contributed by atoms with van der Waals surface area (Å²) in [5.74, 6) is 0.988. The van der Waals surface area contributed by atoms with E-state index in [-0.39, 0.29) is 69.0 Å². The monoisotopic (exact) mass is 726 g/mol. The minimum atomic E-state index is -0.605. The number of fused-ring (bicyclic) bond motifs is 6. The lowest BCUT2D eigenvalue weighted by Crippen LogP contribution is -2.04. The summed E-state index contributed by atoms with van der Waals surface area (Å²) in [5.41, 5.74) is 4.91. The Hall–Kier alpha value is -7.63. The average Bonchev–Trinajstić information content (AvgIpc) is 3.92. The maximum absolute atomic E-state index is 9.71. The lowest BCUT2D eigenvalue weighted by Gasteiger charge is -2.16. The van der Waals surface area contributed by atoms with E-state index in [2.05, 4.69) is 0 Å². The third kappa shape index (κ3) is 5.29. The van der Waals surface area contributed by atoms with Crippen molar-refractivity contribution in [2.24, 2.45) is 0 Å². The summed E-state index contributed by atoms with van der Waals surface area (Å²) >= 11 is 0. The van der Waals surface area contributed by atoms with Crippen molar-refractivity contribution in [3.05, 3.63) is 194 Å². The summed E-state index contributed by atoms with van der Waals surface area (Å²) in [6, 6.07) is 36.5. The van der Waals surface area contributed by atoms with Gasteiger partial charge in [-0.25, -0.2) is 15.0 Å². The number of benzene rings is 8. The second kappa shape index (κ2) is 13.0. The van der Waals surface area contributed by atoms with E-state index in [0.717, 1.165) is 38.6 Å². The molecule has 0 aliphatic carbocycles. The van der Waals surface area contributed by atoms with Crippen LogP contribution in [0.3, 0.4) is 0 Å². The van der Waals surface area contributed by atoms with Crippen LogP contribution in [-0.2, 0) is 0 Å². The van der Waals surface area contributed by atoms with Crippen LogP contribution in [0.5, 0.6) is 0 Å². The van der Waals surface area contributed by atoms with Gasteiger partial charge in [0.2, 0.25) is 0 Å². The SMILES string of the molecule is [2H]c1cc([2H])c2c(c1[2H])c1c([2H])c(-c3c([2H])c([2H])c([2H])c([2H])c3[2H])cc([2H])c1n2-c1ccc(-c2cccc3c2oc2ccccc23)cc1-c1nc(-c2ccccc2)nc(-c2ccccc2)n1. The highest BCUT2D eigenvalue weighted by atomic mass is 16.3. The third-order valence-electron chi connectivity index (χ3n) is 9.92. The molecule has 5 heteroatoms. The van der Waals surface area contributed by atoms with E-state index < -0.39 is 30.2 Å². The Labute approximate surface area is 336 Å². The minimum absolute atomic E-state index is 0.000392. The quantitative estimate of drug-likeness (QED) is 0.171. The second-order valence-corrected chi connectivity index (χ2v) is 13.2. The summed E-state index contributed by atoms with van der Waals surface area (Å²) < 4.78 is 97.4. The Kier molecular flexibility index (Phi) is 5.41. The van der Waals surface area contributed by atoms with E-state index in [1.165, 1.54) is 12.1 Å². The molecule has 5 nitrogen and oxygen atoms in total. The molecule has 56 heavy (non-hydrogen) atoms. The van der Waals surface area contributed by atoms with Gasteiger partial charge >= 0.3 is 0 Å². The van der Waals surface area contributed by atoms with Gasteiger partial charge in [0.05, 0.1) is 30.4 Å². The Morgan fingerprint density at radius 2 is 1.12 bits per heavy atom. The number of furan rings is 1. The van der Waals surface area contributed by atoms with Crippen LogP contribution in [-0.4, -0.2) is 19.5 Å². The van der Waals surface area contributed by atoms with Crippen molar-refractivity contribution in [2.45, 2.75) is 0 Å². The van der Waals surface area contributed by atoms with Gasteiger partial charge in [0, 0.05) is 43.8 Å². The molecule has 0 saturated heterocycles. The van der Waals surface area contributed by atoms with Crippen LogP contribution >= 0.6 is 0 Å². The second-order valence-electron chi connectivity index (χ2n) is 13.2. The first kappa shape index (κ1) is 23.2. The molecule has 11 rings (SSSR count). The van der Waals surface area contributed by atoms with Crippen LogP contribution in [0.4, 0.5) is 0 Å². The van der Waals surface area contributed by atoms with Gasteiger partial charge in [0.1, 0.15) is 11.2 Å². The predicted molar refractivity (Wildman–Crippen MR) is 229 cm³/mol. The fourth-order valence-electron chi connectivity index (χ4n) is 7.35. The van der Waals surface area contributed by atoms with Crippen LogP contribution in [0, 0.1) is 0 Å². The molecule has 11 aromatic rings. The van der Waals surface area contributed by atoms with Crippen molar-refractivity contribution in [1.82, 2.24) is 19.5 Å². The molecule has 0 saturated carbocycles. The summed E-state index contributed by atoms with van der Waals surface area (Å²) in [6.07, 6.45) is 0. The Balaban J connectivity index is 1.28. The summed E-state index contributed by atoms with van der Waals surface area (Å²) in [5, 5.41) is 1.88. The van der Waals surface area contributed by atoms with Gasteiger partial charge in [-0.2, -0.15) is 0 Å². The third-order valence-corrected chi connectivity index (χ3v) is 9.92. The maximum Gasteiger partial charge on any atom is 0.166 e. The molecule has 0 bridgehead atoms. The smallest absolute Gasteiger partial charge is 0.166 e. The van der Waals surface area contributed by atoms with Gasteiger partial charge in [-0.05, 0) is 53.0 Å². The predicted octanol–water partition coefficient (Wildman–Crippen LogP) is 13.2. The first-order valence-electron chi connectivity index (χ1n) is 23.0. The Morgan fingerprint density at radius 1 is 0.429 bits per heavy atom. The highest BCUT2D eigenvalue weighted by Gasteiger charge is 2.22. The van der Waals surface area contributed by atoms with Crippen molar-refractivity contribution < 1.29 is 18.1 Å². The van der Waals surface area contributed by atoms with Gasteiger partial charge < -0.3 is 8.98 Å². The number of nitrogens with zero attached hydrogens (tertiary/aromatic N) is 4. The fraction of sp³-hybridized carbons (Fsp3) is 0. The van der Waals surface area contributed by atoms with Crippen molar-refractivity contribution in [2.75, 3.05) is 0 Å². The van der Waals surface area contributed by atoms with Crippen LogP contribution in [0.25, 0.3) is 106 Å². The lowest BCUT2D eigenvalue weighted by atomic mass is 9.98. The van der Waals surface area contributed by atoms with E-state index in [4.69, 9.17) is 27.6 Å². The first-order chi connectivity index (χ1) is 31.9. The summed E-state index contributed by atoms with van der Waals surface area (Å²) in [4.78, 5) is 15.1. The molecule has 0 radical (unpaired) electrons. The minimum Gasteiger partial charge on any atom is -0.455 e. The van der Waals surface area contributed by atoms with E-state index >= 15 is 0 Å². The molecule has 0 unspecified atom stereocenters. The van der Waals surface area contributed by atoms with E-state index in [1.807, 2.05) is 121 Å². The number of rotatable bonds is 6. The van der Waals surface area contributed by atoms with Crippen LogP contribution in [0.2, 0.25) is 0 Å². The fourth-order valence-corrected chi connectivity index (χ4v) is 7.35. The van der Waals surface area contributed by atoms with E-state index in [9.17, 15) is 5.48 Å². The molecule has 262 valence electrons. The van der Waals surface area contributed by atoms with Crippen molar-refractivity contribution in [3.8, 4) is 62.1 Å². The summed E-state index contributed by atoms with van der Waals surface area (Å²) in [6.45, 7) is 0. The van der Waals surface area contributed by atoms with Gasteiger partial charge in [-0.15, -0.1) is 0 Å². The number of aromatic nitrogens is 4. The average molecular weight is 727 g/mol.